The number of carbonyl (C=O) groups excluding carboxylic acids is 2. The van der Waals surface area contributed by atoms with Crippen molar-refractivity contribution in [2.75, 3.05) is 5.88 Å². The third kappa shape index (κ3) is 2.32. The van der Waals surface area contributed by atoms with Crippen molar-refractivity contribution in [3.63, 3.8) is 0 Å². The molecule has 5 nitrogen and oxygen atoms in total. The maximum atomic E-state index is 12.7. The van der Waals surface area contributed by atoms with Crippen molar-refractivity contribution in [2.45, 2.75) is 89.1 Å². The van der Waals surface area contributed by atoms with Gasteiger partial charge in [0.2, 0.25) is 0 Å². The zero-order chi connectivity index (χ0) is 21.7. The Morgan fingerprint density at radius 2 is 1.93 bits per heavy atom. The lowest BCUT2D eigenvalue weighted by atomic mass is 9.44. The van der Waals surface area contributed by atoms with E-state index < -0.39 is 11.0 Å². The lowest BCUT2D eigenvalue weighted by Gasteiger charge is -2.59. The van der Waals surface area contributed by atoms with Crippen LogP contribution < -0.4 is 0 Å². The molecule has 1 heterocycles. The van der Waals surface area contributed by atoms with Crippen LogP contribution in [-0.4, -0.2) is 46.1 Å². The number of fused-ring (bicyclic) bond motifs is 4. The second kappa shape index (κ2) is 6.32. The van der Waals surface area contributed by atoms with Crippen molar-refractivity contribution < 1.29 is 24.2 Å². The SMILES string of the molecule is C=C1C[C@H]2[C@@H]3CC4OC45CC(OC(C)=O)CC[C@]5(C)[C@H]3CC[C@]2(C)[C@@]1(O)C(=O)CCl. The zero-order valence-corrected chi connectivity index (χ0v) is 19.0. The van der Waals surface area contributed by atoms with Gasteiger partial charge in [-0.2, -0.15) is 0 Å². The smallest absolute Gasteiger partial charge is 0.302 e. The van der Waals surface area contributed by atoms with Gasteiger partial charge in [0, 0.05) is 24.2 Å². The second-order valence-electron chi connectivity index (χ2n) is 11.0. The number of aliphatic hydroxyl groups is 1. The average molecular weight is 437 g/mol. The first-order valence-electron chi connectivity index (χ1n) is 11.4. The van der Waals surface area contributed by atoms with Crippen LogP contribution in [0.4, 0.5) is 0 Å². The van der Waals surface area contributed by atoms with Crippen LogP contribution in [0.3, 0.4) is 0 Å². The Kier molecular flexibility index (Phi) is 4.42. The molecule has 1 spiro atoms. The molecule has 30 heavy (non-hydrogen) atoms. The molecule has 5 fully saturated rings. The van der Waals surface area contributed by atoms with Crippen molar-refractivity contribution >= 4 is 23.4 Å². The molecule has 0 bridgehead atoms. The predicted molar refractivity (Wildman–Crippen MR) is 112 cm³/mol. The Balaban J connectivity index is 1.46. The number of carbonyl (C=O) groups is 2. The van der Waals surface area contributed by atoms with Gasteiger partial charge in [-0.05, 0) is 61.9 Å². The van der Waals surface area contributed by atoms with Crippen LogP contribution in [0.15, 0.2) is 12.2 Å². The molecule has 4 aliphatic carbocycles. The highest BCUT2D eigenvalue weighted by Crippen LogP contribution is 2.74. The molecule has 0 aromatic carbocycles. The van der Waals surface area contributed by atoms with E-state index in [4.69, 9.17) is 21.1 Å². The summed E-state index contributed by atoms with van der Waals surface area (Å²) >= 11 is 5.90. The molecular weight excluding hydrogens is 404 g/mol. The van der Waals surface area contributed by atoms with Gasteiger partial charge in [-0.25, -0.2) is 0 Å². The van der Waals surface area contributed by atoms with Gasteiger partial charge in [0.15, 0.2) is 11.4 Å². The molecule has 1 aliphatic heterocycles. The minimum Gasteiger partial charge on any atom is -0.462 e. The number of ether oxygens (including phenoxy) is 2. The minimum absolute atomic E-state index is 0.0388. The molecule has 5 aliphatic rings. The van der Waals surface area contributed by atoms with E-state index >= 15 is 0 Å². The number of esters is 1. The molecule has 6 heteroatoms. The van der Waals surface area contributed by atoms with Crippen molar-refractivity contribution in [1.29, 1.82) is 0 Å². The Morgan fingerprint density at radius 3 is 2.60 bits per heavy atom. The molecule has 0 amide bonds. The van der Waals surface area contributed by atoms with E-state index in [2.05, 4.69) is 20.4 Å². The van der Waals surface area contributed by atoms with Gasteiger partial charge in [-0.15, -0.1) is 11.6 Å². The summed E-state index contributed by atoms with van der Waals surface area (Å²) in [4.78, 5) is 24.2. The van der Waals surface area contributed by atoms with Gasteiger partial charge in [0.1, 0.15) is 11.7 Å². The van der Waals surface area contributed by atoms with Crippen LogP contribution in [0.2, 0.25) is 0 Å². The van der Waals surface area contributed by atoms with E-state index in [1.165, 1.54) is 6.92 Å². The normalized spacial score (nSPS) is 53.8. The molecule has 5 rings (SSSR count). The summed E-state index contributed by atoms with van der Waals surface area (Å²) in [5.74, 6) is 0.384. The number of Topliss-reactive ketones (excluding diaryl/α,β-unsaturated/α-hetero) is 1. The first-order valence-corrected chi connectivity index (χ1v) is 11.9. The van der Waals surface area contributed by atoms with Gasteiger partial charge in [-0.3, -0.25) is 9.59 Å². The number of epoxide rings is 1. The molecular formula is C24H33ClO5. The van der Waals surface area contributed by atoms with E-state index in [9.17, 15) is 14.7 Å². The van der Waals surface area contributed by atoms with E-state index in [0.717, 1.165) is 38.5 Å². The summed E-state index contributed by atoms with van der Waals surface area (Å²) in [6.07, 6.45) is 6.17. The van der Waals surface area contributed by atoms with E-state index in [0.29, 0.717) is 23.8 Å². The van der Waals surface area contributed by atoms with Crippen LogP contribution >= 0.6 is 11.6 Å². The van der Waals surface area contributed by atoms with E-state index in [1.807, 2.05) is 0 Å². The minimum atomic E-state index is -1.52. The number of halogens is 1. The van der Waals surface area contributed by atoms with Gasteiger partial charge in [-0.1, -0.05) is 20.4 Å². The third-order valence-corrected chi connectivity index (χ3v) is 10.3. The highest BCUT2D eigenvalue weighted by molar-refractivity contribution is 6.29. The summed E-state index contributed by atoms with van der Waals surface area (Å²) in [5, 5.41) is 11.6. The topological polar surface area (TPSA) is 76.1 Å². The number of rotatable bonds is 3. The largest absolute Gasteiger partial charge is 0.462 e. The monoisotopic (exact) mass is 436 g/mol. The van der Waals surface area contributed by atoms with Gasteiger partial charge in [0.05, 0.1) is 12.0 Å². The number of ketones is 1. The summed E-state index contributed by atoms with van der Waals surface area (Å²) in [5.41, 5.74) is -1.54. The fourth-order valence-corrected chi connectivity index (χ4v) is 8.74. The summed E-state index contributed by atoms with van der Waals surface area (Å²) in [6, 6.07) is 0. The van der Waals surface area contributed by atoms with Crippen molar-refractivity contribution in [3.05, 3.63) is 12.2 Å². The first kappa shape index (κ1) is 21.0. The molecule has 1 N–H and O–H groups in total. The molecule has 0 radical (unpaired) electrons. The fraction of sp³-hybridized carbons (Fsp3) is 0.833. The van der Waals surface area contributed by atoms with Crippen molar-refractivity contribution in [2.24, 2.45) is 28.6 Å². The summed E-state index contributed by atoms with van der Waals surface area (Å²) < 4.78 is 12.0. The standard InChI is InChI=1S/C24H33ClO5/c1-13-9-18-16-10-20-23(30-20)11-15(29-14(2)26)5-7-21(23,3)17(16)6-8-22(18,4)24(13,28)19(27)12-25/h15-18,20,28H,1,5-12H2,2-4H3/t15?,16-,17+,18+,20?,21-,22+,23?,24+/m1/s1. The summed E-state index contributed by atoms with van der Waals surface area (Å²) in [7, 11) is 0. The highest BCUT2D eigenvalue weighted by atomic mass is 35.5. The molecule has 4 saturated carbocycles. The number of hydrogen-bond acceptors (Lipinski definition) is 5. The Labute approximate surface area is 183 Å². The zero-order valence-electron chi connectivity index (χ0n) is 18.2. The molecule has 0 aromatic heterocycles. The van der Waals surface area contributed by atoms with Gasteiger partial charge < -0.3 is 14.6 Å². The van der Waals surface area contributed by atoms with Gasteiger partial charge >= 0.3 is 5.97 Å². The second-order valence-corrected chi connectivity index (χ2v) is 11.3. The van der Waals surface area contributed by atoms with E-state index in [-0.39, 0.29) is 46.8 Å². The Hall–Kier alpha value is -0.910. The van der Waals surface area contributed by atoms with Crippen LogP contribution in [0.1, 0.15) is 65.7 Å². The van der Waals surface area contributed by atoms with Gasteiger partial charge in [0.25, 0.3) is 0 Å². The van der Waals surface area contributed by atoms with Crippen LogP contribution in [0, 0.1) is 28.6 Å². The van der Waals surface area contributed by atoms with Crippen molar-refractivity contribution in [3.8, 4) is 0 Å². The van der Waals surface area contributed by atoms with Crippen molar-refractivity contribution in [1.82, 2.24) is 0 Å². The highest BCUT2D eigenvalue weighted by Gasteiger charge is 2.77. The third-order valence-electron chi connectivity index (χ3n) is 10.1. The lowest BCUT2D eigenvalue weighted by molar-refractivity contribution is -0.167. The molecule has 0 aromatic rings. The quantitative estimate of drug-likeness (QED) is 0.315. The van der Waals surface area contributed by atoms with E-state index in [1.54, 1.807) is 0 Å². The first-order chi connectivity index (χ1) is 14.0. The number of hydrogen-bond donors (Lipinski definition) is 1. The average Bonchev–Trinajstić information content (AvgIpc) is 3.34. The fourth-order valence-electron chi connectivity index (χ4n) is 8.55. The Morgan fingerprint density at radius 1 is 1.23 bits per heavy atom. The Bertz CT molecular complexity index is 826. The number of alkyl halides is 1. The summed E-state index contributed by atoms with van der Waals surface area (Å²) in [6.45, 7) is 10.1. The van der Waals surface area contributed by atoms with Crippen LogP contribution in [0.5, 0.6) is 0 Å². The van der Waals surface area contributed by atoms with Crippen LogP contribution in [-0.2, 0) is 19.1 Å². The van der Waals surface area contributed by atoms with Crippen LogP contribution in [0.25, 0.3) is 0 Å². The molecule has 1 saturated heterocycles. The lowest BCUT2D eigenvalue weighted by Crippen LogP contribution is -2.61. The molecule has 3 unspecified atom stereocenters. The molecule has 166 valence electrons. The molecule has 9 atom stereocenters. The maximum absolute atomic E-state index is 12.7. The predicted octanol–water partition coefficient (Wildman–Crippen LogP) is 3.80. The maximum Gasteiger partial charge on any atom is 0.302 e.